The lowest BCUT2D eigenvalue weighted by Crippen LogP contribution is -2.14. The summed E-state index contributed by atoms with van der Waals surface area (Å²) in [6, 6.07) is 11.9. The number of benzene rings is 2. The van der Waals surface area contributed by atoms with Gasteiger partial charge in [0.1, 0.15) is 17.3 Å². The van der Waals surface area contributed by atoms with Crippen LogP contribution in [0.15, 0.2) is 46.9 Å². The van der Waals surface area contributed by atoms with Crippen LogP contribution in [0.5, 0.6) is 11.5 Å². The van der Waals surface area contributed by atoms with E-state index < -0.39 is 0 Å². The Morgan fingerprint density at radius 2 is 1.90 bits per heavy atom. The van der Waals surface area contributed by atoms with E-state index in [9.17, 15) is 4.39 Å². The summed E-state index contributed by atoms with van der Waals surface area (Å²) in [6.45, 7) is 3.83. The van der Waals surface area contributed by atoms with Gasteiger partial charge in [0.15, 0.2) is 0 Å². The van der Waals surface area contributed by atoms with Crippen molar-refractivity contribution in [3.8, 4) is 11.5 Å². The van der Waals surface area contributed by atoms with E-state index in [0.29, 0.717) is 5.75 Å². The summed E-state index contributed by atoms with van der Waals surface area (Å²) in [5.74, 6) is 1.15. The zero-order valence-electron chi connectivity index (χ0n) is 11.3. The third-order valence-electron chi connectivity index (χ3n) is 2.81. The second kappa shape index (κ2) is 7.41. The Morgan fingerprint density at radius 1 is 1.15 bits per heavy atom. The summed E-state index contributed by atoms with van der Waals surface area (Å²) < 4.78 is 19.7. The second-order valence-electron chi connectivity index (χ2n) is 4.48. The van der Waals surface area contributed by atoms with E-state index in [-0.39, 0.29) is 5.82 Å². The summed E-state index contributed by atoms with van der Waals surface area (Å²) in [5.41, 5.74) is 1.07. The summed E-state index contributed by atoms with van der Waals surface area (Å²) in [5, 5.41) is 3.35. The lowest BCUT2D eigenvalue weighted by molar-refractivity contribution is 0.470. The first-order valence-corrected chi connectivity index (χ1v) is 7.41. The maximum atomic E-state index is 12.9. The van der Waals surface area contributed by atoms with Crippen LogP contribution in [0.4, 0.5) is 4.39 Å². The van der Waals surface area contributed by atoms with E-state index in [4.69, 9.17) is 4.74 Å². The molecule has 0 aliphatic heterocycles. The van der Waals surface area contributed by atoms with Gasteiger partial charge in [-0.3, -0.25) is 0 Å². The monoisotopic (exact) mass is 337 g/mol. The van der Waals surface area contributed by atoms with Crippen LogP contribution in [0.1, 0.15) is 18.9 Å². The topological polar surface area (TPSA) is 21.3 Å². The number of ether oxygens (including phenoxy) is 1. The average Bonchev–Trinajstić information content (AvgIpc) is 2.44. The number of hydrogen-bond acceptors (Lipinski definition) is 2. The Balaban J connectivity index is 2.15. The van der Waals surface area contributed by atoms with Crippen molar-refractivity contribution in [1.29, 1.82) is 0 Å². The molecule has 0 atom stereocenters. The van der Waals surface area contributed by atoms with Crippen molar-refractivity contribution >= 4 is 15.9 Å². The first-order chi connectivity index (χ1) is 9.69. The number of rotatable bonds is 6. The standard InChI is InChI=1S/C16H17BrFNO/c1-2-9-19-11-12-10-13(17)3-8-16(12)20-15-6-4-14(18)5-7-15/h3-8,10,19H,2,9,11H2,1H3. The molecule has 0 spiro atoms. The molecule has 4 heteroatoms. The van der Waals surface area contributed by atoms with Crippen molar-refractivity contribution in [3.05, 3.63) is 58.3 Å². The third-order valence-corrected chi connectivity index (χ3v) is 3.30. The molecule has 2 rings (SSSR count). The molecule has 0 bridgehead atoms. The first kappa shape index (κ1) is 15.0. The van der Waals surface area contributed by atoms with Gasteiger partial charge in [-0.25, -0.2) is 4.39 Å². The highest BCUT2D eigenvalue weighted by molar-refractivity contribution is 9.10. The lowest BCUT2D eigenvalue weighted by Gasteiger charge is -2.12. The molecule has 0 heterocycles. The van der Waals surface area contributed by atoms with Crippen LogP contribution in [0.3, 0.4) is 0 Å². The van der Waals surface area contributed by atoms with Crippen molar-refractivity contribution in [2.24, 2.45) is 0 Å². The van der Waals surface area contributed by atoms with Crippen LogP contribution in [0.25, 0.3) is 0 Å². The van der Waals surface area contributed by atoms with Crippen molar-refractivity contribution in [2.75, 3.05) is 6.54 Å². The molecule has 0 amide bonds. The van der Waals surface area contributed by atoms with E-state index in [1.165, 1.54) is 12.1 Å². The van der Waals surface area contributed by atoms with E-state index in [1.54, 1.807) is 12.1 Å². The Labute approximate surface area is 127 Å². The highest BCUT2D eigenvalue weighted by Gasteiger charge is 2.06. The zero-order chi connectivity index (χ0) is 14.4. The molecule has 0 aliphatic rings. The molecule has 106 valence electrons. The zero-order valence-corrected chi connectivity index (χ0v) is 12.9. The van der Waals surface area contributed by atoms with Crippen molar-refractivity contribution in [1.82, 2.24) is 5.32 Å². The van der Waals surface area contributed by atoms with Crippen LogP contribution < -0.4 is 10.1 Å². The summed E-state index contributed by atoms with van der Waals surface area (Å²) >= 11 is 3.47. The maximum absolute atomic E-state index is 12.9. The first-order valence-electron chi connectivity index (χ1n) is 6.61. The van der Waals surface area contributed by atoms with E-state index in [2.05, 4.69) is 28.2 Å². The van der Waals surface area contributed by atoms with Gasteiger partial charge in [0, 0.05) is 16.6 Å². The molecule has 0 aromatic heterocycles. The Morgan fingerprint density at radius 3 is 2.60 bits per heavy atom. The fraction of sp³-hybridized carbons (Fsp3) is 0.250. The molecule has 2 nitrogen and oxygen atoms in total. The van der Waals surface area contributed by atoms with Gasteiger partial charge in [0.05, 0.1) is 0 Å². The largest absolute Gasteiger partial charge is 0.457 e. The quantitative estimate of drug-likeness (QED) is 0.758. The van der Waals surface area contributed by atoms with Crippen LogP contribution >= 0.6 is 15.9 Å². The predicted molar refractivity (Wildman–Crippen MR) is 82.6 cm³/mol. The number of nitrogens with one attached hydrogen (secondary N) is 1. The molecule has 1 N–H and O–H groups in total. The van der Waals surface area contributed by atoms with Gasteiger partial charge in [-0.1, -0.05) is 22.9 Å². The average molecular weight is 338 g/mol. The molecule has 0 radical (unpaired) electrons. The van der Waals surface area contributed by atoms with Gasteiger partial charge >= 0.3 is 0 Å². The lowest BCUT2D eigenvalue weighted by atomic mass is 10.2. The van der Waals surface area contributed by atoms with Gasteiger partial charge in [-0.05, 0) is 55.4 Å². The highest BCUT2D eigenvalue weighted by Crippen LogP contribution is 2.28. The summed E-state index contributed by atoms with van der Waals surface area (Å²) in [4.78, 5) is 0. The maximum Gasteiger partial charge on any atom is 0.131 e. The fourth-order valence-electron chi connectivity index (χ4n) is 1.82. The SMILES string of the molecule is CCCNCc1cc(Br)ccc1Oc1ccc(F)cc1. The smallest absolute Gasteiger partial charge is 0.131 e. The molecule has 0 saturated heterocycles. The van der Waals surface area contributed by atoms with Gasteiger partial charge in [0.2, 0.25) is 0 Å². The second-order valence-corrected chi connectivity index (χ2v) is 5.40. The molecule has 0 aliphatic carbocycles. The molecule has 20 heavy (non-hydrogen) atoms. The van der Waals surface area contributed by atoms with Gasteiger partial charge in [-0.15, -0.1) is 0 Å². The van der Waals surface area contributed by atoms with Gasteiger partial charge in [-0.2, -0.15) is 0 Å². The van der Waals surface area contributed by atoms with Gasteiger partial charge in [0.25, 0.3) is 0 Å². The Hall–Kier alpha value is -1.39. The van der Waals surface area contributed by atoms with Crippen LogP contribution in [0, 0.1) is 5.82 Å². The van der Waals surface area contributed by atoms with Crippen molar-refractivity contribution < 1.29 is 9.13 Å². The molecular weight excluding hydrogens is 321 g/mol. The third kappa shape index (κ3) is 4.32. The minimum absolute atomic E-state index is 0.266. The predicted octanol–water partition coefficient (Wildman–Crippen LogP) is 4.88. The van der Waals surface area contributed by atoms with E-state index in [0.717, 1.165) is 35.3 Å². The van der Waals surface area contributed by atoms with Crippen LogP contribution in [-0.4, -0.2) is 6.54 Å². The Kier molecular flexibility index (Phi) is 5.56. The van der Waals surface area contributed by atoms with E-state index in [1.807, 2.05) is 18.2 Å². The number of hydrogen-bond donors (Lipinski definition) is 1. The molecule has 0 unspecified atom stereocenters. The van der Waals surface area contributed by atoms with Gasteiger partial charge < -0.3 is 10.1 Å². The summed E-state index contributed by atoms with van der Waals surface area (Å²) in [6.07, 6.45) is 1.09. The number of halogens is 2. The highest BCUT2D eigenvalue weighted by atomic mass is 79.9. The van der Waals surface area contributed by atoms with Crippen molar-refractivity contribution in [3.63, 3.8) is 0 Å². The van der Waals surface area contributed by atoms with Crippen LogP contribution in [0.2, 0.25) is 0 Å². The minimum atomic E-state index is -0.266. The molecule has 0 fully saturated rings. The van der Waals surface area contributed by atoms with E-state index >= 15 is 0 Å². The summed E-state index contributed by atoms with van der Waals surface area (Å²) in [7, 11) is 0. The molecule has 0 saturated carbocycles. The molecule has 2 aromatic rings. The normalized spacial score (nSPS) is 10.6. The molecule has 2 aromatic carbocycles. The van der Waals surface area contributed by atoms with Crippen LogP contribution in [-0.2, 0) is 6.54 Å². The van der Waals surface area contributed by atoms with Crippen molar-refractivity contribution in [2.45, 2.75) is 19.9 Å². The fourth-order valence-corrected chi connectivity index (χ4v) is 2.22. The Bertz CT molecular complexity index is 557. The minimum Gasteiger partial charge on any atom is -0.457 e. The molecular formula is C16H17BrFNO.